The van der Waals surface area contributed by atoms with Crippen molar-refractivity contribution in [2.24, 2.45) is 5.41 Å². The molecule has 1 aliphatic heterocycles. The maximum Gasteiger partial charge on any atom is 0.234 e. The van der Waals surface area contributed by atoms with Crippen LogP contribution in [0.25, 0.3) is 0 Å². The predicted octanol–water partition coefficient (Wildman–Crippen LogP) is 1.79. The van der Waals surface area contributed by atoms with Gasteiger partial charge in [0.1, 0.15) is 6.10 Å². The lowest BCUT2D eigenvalue weighted by molar-refractivity contribution is -0.138. The number of carbonyl (C=O) groups excluding carboxylic acids is 1. The van der Waals surface area contributed by atoms with Crippen molar-refractivity contribution in [2.75, 3.05) is 38.0 Å². The number of alkyl halides is 1. The number of ether oxygens (including phenoxy) is 1. The molecule has 2 heterocycles. The number of likely N-dealkylation sites (tertiary alicyclic amines) is 1. The molecule has 1 fully saturated rings. The van der Waals surface area contributed by atoms with E-state index in [4.69, 9.17) is 16.3 Å². The molecule has 7 heteroatoms. The molecule has 1 amide bonds. The number of aromatic nitrogens is 2. The highest BCUT2D eigenvalue weighted by Crippen LogP contribution is 2.25. The molecule has 0 spiro atoms. The van der Waals surface area contributed by atoms with E-state index in [2.05, 4.69) is 9.97 Å². The van der Waals surface area contributed by atoms with E-state index < -0.39 is 5.41 Å². The standard InChI is InChI=1S/C15H23ClN4O2/c1-15(2,10-16)14(21)20-6-5-11(9-20)22-13-8-17-7-12(18-13)19(3)4/h7-8,11H,5-6,9-10H2,1-4H3. The van der Waals surface area contributed by atoms with Gasteiger partial charge in [0.25, 0.3) is 0 Å². The van der Waals surface area contributed by atoms with Crippen molar-refractivity contribution >= 4 is 23.3 Å². The van der Waals surface area contributed by atoms with Crippen LogP contribution in [-0.2, 0) is 4.79 Å². The van der Waals surface area contributed by atoms with Gasteiger partial charge in [-0.05, 0) is 13.8 Å². The number of anilines is 1. The lowest BCUT2D eigenvalue weighted by Gasteiger charge is -2.27. The van der Waals surface area contributed by atoms with Crippen LogP contribution >= 0.6 is 11.6 Å². The molecule has 122 valence electrons. The van der Waals surface area contributed by atoms with Crippen LogP contribution in [0.15, 0.2) is 12.4 Å². The van der Waals surface area contributed by atoms with Gasteiger partial charge < -0.3 is 14.5 Å². The van der Waals surface area contributed by atoms with E-state index in [1.54, 1.807) is 12.4 Å². The van der Waals surface area contributed by atoms with Gasteiger partial charge in [-0.1, -0.05) is 0 Å². The zero-order valence-corrected chi connectivity index (χ0v) is 14.3. The Morgan fingerprint density at radius 2 is 2.23 bits per heavy atom. The highest BCUT2D eigenvalue weighted by Gasteiger charge is 2.36. The number of rotatable bonds is 5. The van der Waals surface area contributed by atoms with E-state index in [1.807, 2.05) is 37.7 Å². The molecule has 1 aromatic heterocycles. The van der Waals surface area contributed by atoms with Crippen molar-refractivity contribution in [1.82, 2.24) is 14.9 Å². The number of halogens is 1. The Morgan fingerprint density at radius 3 is 2.86 bits per heavy atom. The second-order valence-corrected chi connectivity index (χ2v) is 6.67. The maximum absolute atomic E-state index is 12.4. The first-order valence-corrected chi connectivity index (χ1v) is 7.88. The predicted molar refractivity (Wildman–Crippen MR) is 86.5 cm³/mol. The van der Waals surface area contributed by atoms with Gasteiger partial charge >= 0.3 is 0 Å². The van der Waals surface area contributed by atoms with Crippen molar-refractivity contribution in [2.45, 2.75) is 26.4 Å². The van der Waals surface area contributed by atoms with Crippen LogP contribution in [0, 0.1) is 5.41 Å². The third-order valence-corrected chi connectivity index (χ3v) is 4.36. The van der Waals surface area contributed by atoms with Gasteiger partial charge in [-0.25, -0.2) is 0 Å². The molecule has 0 aromatic carbocycles. The fraction of sp³-hybridized carbons (Fsp3) is 0.667. The fourth-order valence-corrected chi connectivity index (χ4v) is 2.39. The van der Waals surface area contributed by atoms with Crippen LogP contribution in [0.3, 0.4) is 0 Å². The minimum atomic E-state index is -0.541. The molecule has 0 bridgehead atoms. The number of hydrogen-bond donors (Lipinski definition) is 0. The molecule has 0 N–H and O–H groups in total. The Hall–Kier alpha value is -1.56. The summed E-state index contributed by atoms with van der Waals surface area (Å²) in [6.45, 7) is 4.97. The monoisotopic (exact) mass is 326 g/mol. The molecule has 0 aliphatic carbocycles. The van der Waals surface area contributed by atoms with Gasteiger partial charge in [0.2, 0.25) is 11.8 Å². The minimum Gasteiger partial charge on any atom is -0.471 e. The fourth-order valence-electron chi connectivity index (χ4n) is 2.28. The summed E-state index contributed by atoms with van der Waals surface area (Å²) >= 11 is 5.88. The summed E-state index contributed by atoms with van der Waals surface area (Å²) in [6.07, 6.45) is 4.01. The van der Waals surface area contributed by atoms with Crippen LogP contribution in [-0.4, -0.2) is 59.9 Å². The zero-order chi connectivity index (χ0) is 16.3. The van der Waals surface area contributed by atoms with Crippen LogP contribution in [0.2, 0.25) is 0 Å². The summed E-state index contributed by atoms with van der Waals surface area (Å²) in [4.78, 5) is 24.6. The van der Waals surface area contributed by atoms with Gasteiger partial charge in [-0.3, -0.25) is 9.78 Å². The topological polar surface area (TPSA) is 58.6 Å². The van der Waals surface area contributed by atoms with Crippen molar-refractivity contribution in [3.8, 4) is 5.88 Å². The van der Waals surface area contributed by atoms with E-state index in [0.29, 0.717) is 24.8 Å². The summed E-state index contributed by atoms with van der Waals surface area (Å²) in [5.41, 5.74) is -0.541. The van der Waals surface area contributed by atoms with Gasteiger partial charge in [0.15, 0.2) is 5.82 Å². The second kappa shape index (κ2) is 6.69. The quantitative estimate of drug-likeness (QED) is 0.772. The lowest BCUT2D eigenvalue weighted by atomic mass is 9.94. The van der Waals surface area contributed by atoms with Crippen LogP contribution in [0.5, 0.6) is 5.88 Å². The number of amides is 1. The summed E-state index contributed by atoms with van der Waals surface area (Å²) in [5.74, 6) is 1.61. The molecule has 6 nitrogen and oxygen atoms in total. The molecule has 1 aliphatic rings. The SMILES string of the molecule is CN(C)c1cncc(OC2CCN(C(=O)C(C)(C)CCl)C2)n1. The van der Waals surface area contributed by atoms with Crippen molar-refractivity contribution < 1.29 is 9.53 Å². The number of hydrogen-bond acceptors (Lipinski definition) is 5. The molecule has 2 rings (SSSR count). The molecule has 0 saturated carbocycles. The van der Waals surface area contributed by atoms with E-state index >= 15 is 0 Å². The Labute approximate surface area is 136 Å². The third-order valence-electron chi connectivity index (χ3n) is 3.69. The molecular weight excluding hydrogens is 304 g/mol. The highest BCUT2D eigenvalue weighted by molar-refractivity contribution is 6.19. The largest absolute Gasteiger partial charge is 0.471 e. The molecule has 22 heavy (non-hydrogen) atoms. The lowest BCUT2D eigenvalue weighted by Crippen LogP contribution is -2.41. The Morgan fingerprint density at radius 1 is 1.50 bits per heavy atom. The molecular formula is C15H23ClN4O2. The normalized spacial score (nSPS) is 18.4. The van der Waals surface area contributed by atoms with E-state index in [1.165, 1.54) is 0 Å². The number of carbonyl (C=O) groups is 1. The van der Waals surface area contributed by atoms with Crippen molar-refractivity contribution in [3.63, 3.8) is 0 Å². The van der Waals surface area contributed by atoms with E-state index in [0.717, 1.165) is 12.2 Å². The van der Waals surface area contributed by atoms with Crippen molar-refractivity contribution in [3.05, 3.63) is 12.4 Å². The molecule has 1 saturated heterocycles. The van der Waals surface area contributed by atoms with E-state index in [-0.39, 0.29) is 12.0 Å². The van der Waals surface area contributed by atoms with Gasteiger partial charge in [0.05, 0.1) is 24.4 Å². The minimum absolute atomic E-state index is 0.0539. The van der Waals surface area contributed by atoms with Gasteiger partial charge in [-0.2, -0.15) is 4.98 Å². The second-order valence-electron chi connectivity index (χ2n) is 6.41. The Kier molecular flexibility index (Phi) is 5.11. The molecule has 1 unspecified atom stereocenters. The summed E-state index contributed by atoms with van der Waals surface area (Å²) < 4.78 is 5.87. The van der Waals surface area contributed by atoms with Crippen molar-refractivity contribution in [1.29, 1.82) is 0 Å². The molecule has 1 aromatic rings. The summed E-state index contributed by atoms with van der Waals surface area (Å²) in [7, 11) is 3.80. The number of nitrogens with zero attached hydrogens (tertiary/aromatic N) is 4. The first-order valence-electron chi connectivity index (χ1n) is 7.35. The van der Waals surface area contributed by atoms with Gasteiger partial charge in [0, 0.05) is 32.9 Å². The van der Waals surface area contributed by atoms with Crippen LogP contribution in [0.4, 0.5) is 5.82 Å². The average Bonchev–Trinajstić information content (AvgIpc) is 2.95. The first kappa shape index (κ1) is 16.8. The molecule has 1 atom stereocenters. The van der Waals surface area contributed by atoms with Crippen LogP contribution in [0.1, 0.15) is 20.3 Å². The zero-order valence-electron chi connectivity index (χ0n) is 13.5. The van der Waals surface area contributed by atoms with E-state index in [9.17, 15) is 4.79 Å². The first-order chi connectivity index (χ1) is 10.3. The smallest absolute Gasteiger partial charge is 0.234 e. The summed E-state index contributed by atoms with van der Waals surface area (Å²) in [6, 6.07) is 0. The highest BCUT2D eigenvalue weighted by atomic mass is 35.5. The molecule has 0 radical (unpaired) electrons. The van der Waals surface area contributed by atoms with Gasteiger partial charge in [-0.15, -0.1) is 11.6 Å². The maximum atomic E-state index is 12.4. The van der Waals surface area contributed by atoms with Crippen LogP contribution < -0.4 is 9.64 Å². The Balaban J connectivity index is 1.97. The third kappa shape index (κ3) is 3.80. The Bertz CT molecular complexity index is 536. The summed E-state index contributed by atoms with van der Waals surface area (Å²) in [5, 5.41) is 0. The average molecular weight is 327 g/mol.